The van der Waals surface area contributed by atoms with E-state index in [0.29, 0.717) is 12.5 Å². The maximum Gasteiger partial charge on any atom is 0.307 e. The third-order valence-electron chi connectivity index (χ3n) is 6.18. The first kappa shape index (κ1) is 17.2. The molecule has 0 aromatic heterocycles. The monoisotopic (exact) mass is 336 g/mol. The van der Waals surface area contributed by atoms with Crippen LogP contribution in [0.25, 0.3) is 0 Å². The zero-order valence-electron chi connectivity index (χ0n) is 14.6. The van der Waals surface area contributed by atoms with Crippen LogP contribution in [0.3, 0.4) is 0 Å². The van der Waals surface area contributed by atoms with Crippen molar-refractivity contribution in [1.29, 1.82) is 0 Å². The standard InChI is InChI=1S/C18H28N2O4/c1-18(2)13(14(18)17(23)24)15(21)19-12-9-6-10-20(16(12)22)11-7-4-3-5-8-11/h11-14H,3-10H2,1-2H3,(H,19,21)(H,23,24)/t12?,13-,14+/m1/s1. The first-order valence-electron chi connectivity index (χ1n) is 9.17. The van der Waals surface area contributed by atoms with Crippen molar-refractivity contribution in [2.24, 2.45) is 17.3 Å². The molecule has 1 unspecified atom stereocenters. The highest BCUT2D eigenvalue weighted by molar-refractivity contribution is 5.95. The Bertz CT molecular complexity index is 539. The summed E-state index contributed by atoms with van der Waals surface area (Å²) in [6.07, 6.45) is 7.24. The fourth-order valence-corrected chi connectivity index (χ4v) is 4.64. The number of carbonyl (C=O) groups excluding carboxylic acids is 2. The molecule has 1 saturated heterocycles. The molecule has 2 N–H and O–H groups in total. The second kappa shape index (κ2) is 6.37. The topological polar surface area (TPSA) is 86.7 Å². The molecule has 0 aromatic carbocycles. The van der Waals surface area contributed by atoms with E-state index in [1.165, 1.54) is 19.3 Å². The van der Waals surface area contributed by atoms with Gasteiger partial charge in [-0.25, -0.2) is 0 Å². The van der Waals surface area contributed by atoms with Gasteiger partial charge in [-0.1, -0.05) is 33.1 Å². The van der Waals surface area contributed by atoms with Crippen molar-refractivity contribution in [2.75, 3.05) is 6.54 Å². The van der Waals surface area contributed by atoms with E-state index in [1.54, 1.807) is 13.8 Å². The zero-order valence-corrected chi connectivity index (χ0v) is 14.6. The van der Waals surface area contributed by atoms with E-state index in [4.69, 9.17) is 0 Å². The van der Waals surface area contributed by atoms with Crippen molar-refractivity contribution in [3.05, 3.63) is 0 Å². The summed E-state index contributed by atoms with van der Waals surface area (Å²) in [6, 6.07) is -0.172. The Morgan fingerprint density at radius 1 is 1.08 bits per heavy atom. The predicted octanol–water partition coefficient (Wildman–Crippen LogP) is 1.78. The molecule has 1 aliphatic heterocycles. The van der Waals surface area contributed by atoms with Crippen molar-refractivity contribution >= 4 is 17.8 Å². The van der Waals surface area contributed by atoms with Crippen molar-refractivity contribution in [1.82, 2.24) is 10.2 Å². The third-order valence-corrected chi connectivity index (χ3v) is 6.18. The molecular formula is C18H28N2O4. The van der Waals surface area contributed by atoms with Crippen LogP contribution in [0.2, 0.25) is 0 Å². The molecule has 2 saturated carbocycles. The number of nitrogens with zero attached hydrogens (tertiary/aromatic N) is 1. The minimum atomic E-state index is -0.932. The molecule has 0 spiro atoms. The quantitative estimate of drug-likeness (QED) is 0.819. The zero-order chi connectivity index (χ0) is 17.5. The number of piperidine rings is 1. The van der Waals surface area contributed by atoms with Gasteiger partial charge in [0.05, 0.1) is 11.8 Å². The molecule has 3 fully saturated rings. The van der Waals surface area contributed by atoms with Gasteiger partial charge < -0.3 is 15.3 Å². The largest absolute Gasteiger partial charge is 0.481 e. The first-order chi connectivity index (χ1) is 11.3. The molecule has 6 nitrogen and oxygen atoms in total. The highest BCUT2D eigenvalue weighted by Crippen LogP contribution is 2.58. The van der Waals surface area contributed by atoms with Crippen LogP contribution in [0, 0.1) is 17.3 Å². The lowest BCUT2D eigenvalue weighted by Gasteiger charge is -2.40. The number of amides is 2. The van der Waals surface area contributed by atoms with Crippen molar-refractivity contribution in [2.45, 2.75) is 70.9 Å². The van der Waals surface area contributed by atoms with E-state index in [1.807, 2.05) is 4.90 Å². The van der Waals surface area contributed by atoms with E-state index in [0.717, 1.165) is 25.8 Å². The number of rotatable bonds is 4. The van der Waals surface area contributed by atoms with Crippen LogP contribution >= 0.6 is 0 Å². The number of carbonyl (C=O) groups is 3. The Morgan fingerprint density at radius 2 is 1.75 bits per heavy atom. The normalized spacial score (nSPS) is 33.2. The first-order valence-corrected chi connectivity index (χ1v) is 9.17. The lowest BCUT2D eigenvalue weighted by molar-refractivity contribution is -0.142. The summed E-state index contributed by atoms with van der Waals surface area (Å²) in [5.74, 6) is -2.37. The summed E-state index contributed by atoms with van der Waals surface area (Å²) in [7, 11) is 0. The maximum absolute atomic E-state index is 12.8. The Labute approximate surface area is 143 Å². The van der Waals surface area contributed by atoms with Gasteiger partial charge in [-0.15, -0.1) is 0 Å². The van der Waals surface area contributed by atoms with Crippen molar-refractivity contribution < 1.29 is 19.5 Å². The summed E-state index contributed by atoms with van der Waals surface area (Å²) in [6.45, 7) is 4.38. The van der Waals surface area contributed by atoms with Gasteiger partial charge in [0.1, 0.15) is 6.04 Å². The lowest BCUT2D eigenvalue weighted by Crippen LogP contribution is -2.56. The van der Waals surface area contributed by atoms with E-state index >= 15 is 0 Å². The third kappa shape index (κ3) is 3.03. The number of aliphatic carboxylic acids is 1. The van der Waals surface area contributed by atoms with Crippen LogP contribution in [0.1, 0.15) is 58.8 Å². The average Bonchev–Trinajstić information content (AvgIpc) is 3.13. The van der Waals surface area contributed by atoms with Gasteiger partial charge in [-0.3, -0.25) is 14.4 Å². The smallest absolute Gasteiger partial charge is 0.307 e. The number of carboxylic acids is 1. The van der Waals surface area contributed by atoms with Crippen LogP contribution in [-0.2, 0) is 14.4 Å². The van der Waals surface area contributed by atoms with Gasteiger partial charge in [0.25, 0.3) is 0 Å². The van der Waals surface area contributed by atoms with Gasteiger partial charge in [0.15, 0.2) is 0 Å². The van der Waals surface area contributed by atoms with E-state index in [9.17, 15) is 19.5 Å². The molecule has 24 heavy (non-hydrogen) atoms. The number of carboxylic acid groups (broad SMARTS) is 1. The molecule has 1 heterocycles. The Balaban J connectivity index is 1.61. The summed E-state index contributed by atoms with van der Waals surface area (Å²) in [4.78, 5) is 38.5. The van der Waals surface area contributed by atoms with Gasteiger partial charge in [0, 0.05) is 12.6 Å². The van der Waals surface area contributed by atoms with Crippen LogP contribution in [0.4, 0.5) is 0 Å². The fourth-order valence-electron chi connectivity index (χ4n) is 4.64. The minimum Gasteiger partial charge on any atom is -0.481 e. The molecule has 0 aromatic rings. The van der Waals surface area contributed by atoms with Gasteiger partial charge >= 0.3 is 5.97 Å². The van der Waals surface area contributed by atoms with E-state index < -0.39 is 29.3 Å². The summed E-state index contributed by atoms with van der Waals surface area (Å²) in [5, 5.41) is 12.1. The minimum absolute atomic E-state index is 0.0202. The van der Waals surface area contributed by atoms with Gasteiger partial charge in [-0.05, 0) is 31.1 Å². The summed E-state index contributed by atoms with van der Waals surface area (Å²) in [5.41, 5.74) is -0.531. The molecule has 3 rings (SSSR count). The molecule has 0 bridgehead atoms. The molecule has 3 aliphatic rings. The summed E-state index contributed by atoms with van der Waals surface area (Å²) >= 11 is 0. The SMILES string of the molecule is CC1(C)[C@H](C(=O)O)[C@@H]1C(=O)NC1CCCN(C2CCCCC2)C1=O. The highest BCUT2D eigenvalue weighted by atomic mass is 16.4. The molecular weight excluding hydrogens is 308 g/mol. The number of hydrogen-bond acceptors (Lipinski definition) is 3. The number of hydrogen-bond donors (Lipinski definition) is 2. The average molecular weight is 336 g/mol. The van der Waals surface area contributed by atoms with Crippen LogP contribution < -0.4 is 5.32 Å². The summed E-state index contributed by atoms with van der Waals surface area (Å²) < 4.78 is 0. The van der Waals surface area contributed by atoms with Gasteiger partial charge in [-0.2, -0.15) is 0 Å². The Kier molecular flexibility index (Phi) is 4.58. The Morgan fingerprint density at radius 3 is 2.33 bits per heavy atom. The lowest BCUT2D eigenvalue weighted by atomic mass is 9.91. The van der Waals surface area contributed by atoms with Crippen molar-refractivity contribution in [3.63, 3.8) is 0 Å². The Hall–Kier alpha value is -1.59. The fraction of sp³-hybridized carbons (Fsp3) is 0.833. The highest BCUT2D eigenvalue weighted by Gasteiger charge is 2.66. The maximum atomic E-state index is 12.8. The number of likely N-dealkylation sites (tertiary alicyclic amines) is 1. The molecule has 6 heteroatoms. The molecule has 0 radical (unpaired) electrons. The number of nitrogens with one attached hydrogen (secondary N) is 1. The van der Waals surface area contributed by atoms with Crippen LogP contribution in [-0.4, -0.2) is 46.4 Å². The van der Waals surface area contributed by atoms with Crippen molar-refractivity contribution in [3.8, 4) is 0 Å². The molecule has 3 atom stereocenters. The van der Waals surface area contributed by atoms with Crippen LogP contribution in [0.15, 0.2) is 0 Å². The predicted molar refractivity (Wildman–Crippen MR) is 88.1 cm³/mol. The molecule has 134 valence electrons. The second-order valence-corrected chi connectivity index (χ2v) is 8.14. The van der Waals surface area contributed by atoms with E-state index in [-0.39, 0.29) is 11.8 Å². The second-order valence-electron chi connectivity index (χ2n) is 8.14. The van der Waals surface area contributed by atoms with Crippen LogP contribution in [0.5, 0.6) is 0 Å². The molecule has 2 aliphatic carbocycles. The van der Waals surface area contributed by atoms with E-state index in [2.05, 4.69) is 5.32 Å². The molecule has 2 amide bonds. The van der Waals surface area contributed by atoms with Gasteiger partial charge in [0.2, 0.25) is 11.8 Å².